The number of nitrogens with one attached hydrogen (secondary N) is 1. The van der Waals surface area contributed by atoms with Crippen LogP contribution in [0.3, 0.4) is 0 Å². The van der Waals surface area contributed by atoms with E-state index >= 15 is 0 Å². The Morgan fingerprint density at radius 2 is 2.00 bits per heavy atom. The predicted octanol–water partition coefficient (Wildman–Crippen LogP) is 2.71. The summed E-state index contributed by atoms with van der Waals surface area (Å²) in [5, 5.41) is 3.62. The van der Waals surface area contributed by atoms with Crippen molar-refractivity contribution in [1.82, 2.24) is 24.4 Å². The molecule has 1 aliphatic rings. The lowest BCUT2D eigenvalue weighted by molar-refractivity contribution is 0.0884. The number of aromatic nitrogens is 4. The molecule has 1 N–H and O–H groups in total. The van der Waals surface area contributed by atoms with Gasteiger partial charge in [0.1, 0.15) is 17.8 Å². The number of aryl methyl sites for hydroxylation is 1. The fraction of sp³-hybridized carbons (Fsp3) is 0.368. The van der Waals surface area contributed by atoms with Crippen molar-refractivity contribution in [3.63, 3.8) is 0 Å². The quantitative estimate of drug-likeness (QED) is 0.751. The maximum absolute atomic E-state index is 5.96. The number of hydrogen-bond acceptors (Lipinski definition) is 4. The highest BCUT2D eigenvalue weighted by Gasteiger charge is 2.32. The third kappa shape index (κ3) is 3.23. The van der Waals surface area contributed by atoms with E-state index in [1.54, 1.807) is 0 Å². The van der Waals surface area contributed by atoms with Crippen molar-refractivity contribution in [2.75, 3.05) is 6.61 Å². The van der Waals surface area contributed by atoms with Crippen LogP contribution in [-0.2, 0) is 17.8 Å². The molecule has 0 unspecified atom stereocenters. The number of imidazole rings is 2. The molecule has 1 saturated heterocycles. The average molecular weight is 337 g/mol. The summed E-state index contributed by atoms with van der Waals surface area (Å²) in [4.78, 5) is 9.02. The number of para-hydroxylation sites is 1. The zero-order chi connectivity index (χ0) is 17.1. The van der Waals surface area contributed by atoms with Crippen LogP contribution in [0.4, 0.5) is 0 Å². The molecule has 0 bridgehead atoms. The van der Waals surface area contributed by atoms with Gasteiger partial charge in [-0.15, -0.1) is 0 Å². The average Bonchev–Trinajstić information content (AvgIpc) is 3.39. The van der Waals surface area contributed by atoms with Crippen LogP contribution in [0, 0.1) is 0 Å². The van der Waals surface area contributed by atoms with E-state index in [-0.39, 0.29) is 12.1 Å². The molecule has 2 aromatic heterocycles. The zero-order valence-electron chi connectivity index (χ0n) is 14.4. The Kier molecular flexibility index (Phi) is 4.63. The molecule has 1 aromatic carbocycles. The normalized spacial score (nSPS) is 20.2. The SMILES string of the molecule is CCn1ccnc1[C@H]1OCC[C@@H]1NCc1nccn1-c1ccccc1. The third-order valence-electron chi connectivity index (χ3n) is 4.71. The van der Waals surface area contributed by atoms with Crippen molar-refractivity contribution in [1.29, 1.82) is 0 Å². The van der Waals surface area contributed by atoms with Crippen LogP contribution in [0.25, 0.3) is 5.69 Å². The minimum absolute atomic E-state index is 0.00455. The molecule has 2 atom stereocenters. The predicted molar refractivity (Wildman–Crippen MR) is 95.4 cm³/mol. The van der Waals surface area contributed by atoms with Gasteiger partial charge in [0, 0.05) is 49.7 Å². The van der Waals surface area contributed by atoms with Crippen molar-refractivity contribution in [2.45, 2.75) is 38.6 Å². The smallest absolute Gasteiger partial charge is 0.139 e. The van der Waals surface area contributed by atoms with Crippen LogP contribution in [0.15, 0.2) is 55.1 Å². The van der Waals surface area contributed by atoms with Crippen molar-refractivity contribution in [3.05, 3.63) is 66.8 Å². The van der Waals surface area contributed by atoms with E-state index in [0.717, 1.165) is 36.9 Å². The molecule has 0 amide bonds. The van der Waals surface area contributed by atoms with Crippen LogP contribution >= 0.6 is 0 Å². The molecule has 4 rings (SSSR count). The van der Waals surface area contributed by atoms with Crippen molar-refractivity contribution in [2.24, 2.45) is 0 Å². The Labute approximate surface area is 147 Å². The lowest BCUT2D eigenvalue weighted by Gasteiger charge is -2.20. The highest BCUT2D eigenvalue weighted by molar-refractivity contribution is 5.32. The number of benzene rings is 1. The van der Waals surface area contributed by atoms with Gasteiger partial charge in [0.05, 0.1) is 6.54 Å². The van der Waals surface area contributed by atoms with Gasteiger partial charge >= 0.3 is 0 Å². The third-order valence-corrected chi connectivity index (χ3v) is 4.71. The largest absolute Gasteiger partial charge is 0.369 e. The van der Waals surface area contributed by atoms with Crippen molar-refractivity contribution >= 4 is 0 Å². The van der Waals surface area contributed by atoms with Crippen LogP contribution < -0.4 is 5.32 Å². The lowest BCUT2D eigenvalue weighted by atomic mass is 10.1. The van der Waals surface area contributed by atoms with E-state index in [1.807, 2.05) is 43.0 Å². The summed E-state index contributed by atoms with van der Waals surface area (Å²) in [6, 6.07) is 10.5. The van der Waals surface area contributed by atoms with Gasteiger partial charge in [0.15, 0.2) is 0 Å². The number of ether oxygens (including phenoxy) is 1. The van der Waals surface area contributed by atoms with Gasteiger partial charge in [-0.25, -0.2) is 9.97 Å². The topological polar surface area (TPSA) is 56.9 Å². The Bertz CT molecular complexity index is 810. The van der Waals surface area contributed by atoms with Crippen molar-refractivity contribution in [3.8, 4) is 5.69 Å². The van der Waals surface area contributed by atoms with E-state index in [2.05, 4.69) is 43.5 Å². The summed E-state index contributed by atoms with van der Waals surface area (Å²) in [6.45, 7) is 4.48. The molecular formula is C19H23N5O. The van der Waals surface area contributed by atoms with Gasteiger partial charge < -0.3 is 19.2 Å². The Morgan fingerprint density at radius 3 is 2.84 bits per heavy atom. The van der Waals surface area contributed by atoms with Crippen LogP contribution in [0.5, 0.6) is 0 Å². The van der Waals surface area contributed by atoms with Crippen LogP contribution in [0.2, 0.25) is 0 Å². The second-order valence-electron chi connectivity index (χ2n) is 6.19. The fourth-order valence-corrected chi connectivity index (χ4v) is 3.41. The number of hydrogen-bond donors (Lipinski definition) is 1. The molecule has 6 nitrogen and oxygen atoms in total. The first-order valence-electron chi connectivity index (χ1n) is 8.80. The zero-order valence-corrected chi connectivity index (χ0v) is 14.4. The first-order chi connectivity index (χ1) is 12.4. The first kappa shape index (κ1) is 16.1. The van der Waals surface area contributed by atoms with Crippen LogP contribution in [0.1, 0.15) is 31.1 Å². The minimum atomic E-state index is -0.00455. The Balaban J connectivity index is 1.48. The van der Waals surface area contributed by atoms with Gasteiger partial charge in [-0.1, -0.05) is 18.2 Å². The highest BCUT2D eigenvalue weighted by atomic mass is 16.5. The number of rotatable bonds is 6. The monoisotopic (exact) mass is 337 g/mol. The van der Waals surface area contributed by atoms with Gasteiger partial charge in [-0.3, -0.25) is 0 Å². The summed E-state index contributed by atoms with van der Waals surface area (Å²) in [6.07, 6.45) is 8.67. The van der Waals surface area contributed by atoms with E-state index in [1.165, 1.54) is 0 Å². The summed E-state index contributed by atoms with van der Waals surface area (Å²) in [7, 11) is 0. The lowest BCUT2D eigenvalue weighted by Crippen LogP contribution is -2.33. The van der Waals surface area contributed by atoms with Gasteiger partial charge in [-0.05, 0) is 25.5 Å². The van der Waals surface area contributed by atoms with Gasteiger partial charge in [0.2, 0.25) is 0 Å². The summed E-state index contributed by atoms with van der Waals surface area (Å²) in [5.41, 5.74) is 1.12. The molecule has 0 saturated carbocycles. The molecule has 6 heteroatoms. The molecule has 3 aromatic rings. The summed E-state index contributed by atoms with van der Waals surface area (Å²) >= 11 is 0. The molecular weight excluding hydrogens is 314 g/mol. The summed E-state index contributed by atoms with van der Waals surface area (Å²) < 4.78 is 10.2. The number of nitrogens with zero attached hydrogens (tertiary/aromatic N) is 4. The maximum atomic E-state index is 5.96. The molecule has 3 heterocycles. The molecule has 25 heavy (non-hydrogen) atoms. The van der Waals surface area contributed by atoms with E-state index in [0.29, 0.717) is 6.54 Å². The fourth-order valence-electron chi connectivity index (χ4n) is 3.41. The standard InChI is InChI=1S/C19H23N5O/c1-2-23-11-9-21-19(23)18-16(8-13-25-18)22-14-17-20-10-12-24(17)15-6-4-3-5-7-15/h3-7,9-12,16,18,22H,2,8,13-14H2,1H3/t16-,18-/m0/s1. The highest BCUT2D eigenvalue weighted by Crippen LogP contribution is 2.28. The van der Waals surface area contributed by atoms with E-state index in [4.69, 9.17) is 4.74 Å². The van der Waals surface area contributed by atoms with Gasteiger partial charge in [0.25, 0.3) is 0 Å². The van der Waals surface area contributed by atoms with E-state index < -0.39 is 0 Å². The van der Waals surface area contributed by atoms with Crippen molar-refractivity contribution < 1.29 is 4.74 Å². The summed E-state index contributed by atoms with van der Waals surface area (Å²) in [5.74, 6) is 2.00. The Morgan fingerprint density at radius 1 is 1.16 bits per heavy atom. The minimum Gasteiger partial charge on any atom is -0.369 e. The Hall–Kier alpha value is -2.44. The molecule has 0 spiro atoms. The second kappa shape index (κ2) is 7.21. The van der Waals surface area contributed by atoms with Crippen LogP contribution in [-0.4, -0.2) is 31.8 Å². The molecule has 1 aliphatic heterocycles. The first-order valence-corrected chi connectivity index (χ1v) is 8.80. The molecule has 130 valence electrons. The molecule has 1 fully saturated rings. The second-order valence-corrected chi connectivity index (χ2v) is 6.19. The van der Waals surface area contributed by atoms with E-state index in [9.17, 15) is 0 Å². The molecule has 0 radical (unpaired) electrons. The van der Waals surface area contributed by atoms with Gasteiger partial charge in [-0.2, -0.15) is 0 Å². The maximum Gasteiger partial charge on any atom is 0.139 e. The molecule has 0 aliphatic carbocycles.